The number of halogens is 6. The maximum absolute atomic E-state index is 13.2. The number of H-pyrrole nitrogens is 1. The average molecular weight is 546 g/mol. The smallest absolute Gasteiger partial charge is 0.380 e. The molecule has 2 unspecified atom stereocenters. The van der Waals surface area contributed by atoms with Crippen LogP contribution in [0.2, 0.25) is 0 Å². The number of anilines is 2. The summed E-state index contributed by atoms with van der Waals surface area (Å²) in [7, 11) is 0. The van der Waals surface area contributed by atoms with E-state index in [0.717, 1.165) is 0 Å². The van der Waals surface area contributed by atoms with Crippen LogP contribution in [0, 0.1) is 0 Å². The van der Waals surface area contributed by atoms with Crippen LogP contribution in [0.25, 0.3) is 11.4 Å². The highest BCUT2D eigenvalue weighted by molar-refractivity contribution is 6.04. The molecule has 3 aromatic rings. The van der Waals surface area contributed by atoms with Crippen molar-refractivity contribution in [2.45, 2.75) is 24.6 Å². The Kier molecular flexibility index (Phi) is 7.03. The van der Waals surface area contributed by atoms with Crippen LogP contribution in [0.1, 0.15) is 11.1 Å². The summed E-state index contributed by atoms with van der Waals surface area (Å²) in [6.07, 6.45) is -14.3. The van der Waals surface area contributed by atoms with E-state index in [4.69, 9.17) is 4.74 Å². The fourth-order valence-corrected chi connectivity index (χ4v) is 3.60. The Hall–Kier alpha value is -4.18. The maximum Gasteiger partial charge on any atom is 0.439 e. The molecule has 4 rings (SSSR count). The zero-order chi connectivity index (χ0) is 27.8. The van der Waals surface area contributed by atoms with Crippen molar-refractivity contribution in [3.8, 4) is 11.4 Å². The van der Waals surface area contributed by atoms with E-state index in [9.17, 15) is 45.8 Å². The topological polar surface area (TPSA) is 138 Å². The molecule has 1 aliphatic rings. The van der Waals surface area contributed by atoms with Gasteiger partial charge in [-0.3, -0.25) is 19.1 Å². The fraction of sp³-hybridized carbons (Fsp3) is 0.273. The van der Waals surface area contributed by atoms with E-state index in [1.54, 1.807) is 0 Å². The molecule has 0 saturated carbocycles. The van der Waals surface area contributed by atoms with Crippen LogP contribution in [0.5, 0.6) is 0 Å². The first-order valence-corrected chi connectivity index (χ1v) is 10.6. The van der Waals surface area contributed by atoms with Crippen molar-refractivity contribution in [3.05, 3.63) is 64.1 Å². The molecule has 2 aromatic carbocycles. The van der Waals surface area contributed by atoms with E-state index in [1.807, 2.05) is 0 Å². The summed E-state index contributed by atoms with van der Waals surface area (Å²) in [5.74, 6) is -3.02. The lowest BCUT2D eigenvalue weighted by Crippen LogP contribution is -2.55. The van der Waals surface area contributed by atoms with Crippen LogP contribution in [0.4, 0.5) is 37.7 Å². The lowest BCUT2D eigenvalue weighted by atomic mass is 10.1. The molecule has 1 aliphatic heterocycles. The van der Waals surface area contributed by atoms with E-state index >= 15 is 0 Å². The van der Waals surface area contributed by atoms with E-state index in [2.05, 4.69) is 20.0 Å². The summed E-state index contributed by atoms with van der Waals surface area (Å²) in [6, 6.07) is 6.25. The van der Waals surface area contributed by atoms with Gasteiger partial charge in [0.2, 0.25) is 0 Å². The number of nitrogens with one attached hydrogen (secondary N) is 2. The summed E-state index contributed by atoms with van der Waals surface area (Å²) >= 11 is 0. The Balaban J connectivity index is 1.52. The minimum absolute atomic E-state index is 0.0836. The Morgan fingerprint density at radius 3 is 2.18 bits per heavy atom. The highest BCUT2D eigenvalue weighted by Gasteiger charge is 2.42. The summed E-state index contributed by atoms with van der Waals surface area (Å²) in [4.78, 5) is 39.4. The highest BCUT2D eigenvalue weighted by Crippen LogP contribution is 2.39. The molecule has 16 heteroatoms. The van der Waals surface area contributed by atoms with Crippen LogP contribution < -0.4 is 16.0 Å². The van der Waals surface area contributed by atoms with Crippen molar-refractivity contribution in [1.29, 1.82) is 0 Å². The van der Waals surface area contributed by atoms with Gasteiger partial charge in [-0.25, -0.2) is 4.79 Å². The van der Waals surface area contributed by atoms with Gasteiger partial charge < -0.3 is 20.1 Å². The molecule has 2 heterocycles. The molecule has 0 radical (unpaired) electrons. The Morgan fingerprint density at radius 1 is 1.05 bits per heavy atom. The van der Waals surface area contributed by atoms with E-state index in [0.29, 0.717) is 22.6 Å². The van der Waals surface area contributed by atoms with Crippen molar-refractivity contribution in [2.24, 2.45) is 0 Å². The van der Waals surface area contributed by atoms with Gasteiger partial charge in [-0.1, -0.05) is 5.16 Å². The second kappa shape index (κ2) is 9.94. The second-order valence-electron chi connectivity index (χ2n) is 8.00. The van der Waals surface area contributed by atoms with E-state index in [1.165, 1.54) is 24.3 Å². The van der Waals surface area contributed by atoms with Crippen molar-refractivity contribution in [2.75, 3.05) is 23.4 Å². The molecule has 1 saturated heterocycles. The average Bonchev–Trinajstić information content (AvgIpc) is 3.29. The normalized spacial score (nSPS) is 17.4. The monoisotopic (exact) mass is 546 g/mol. The summed E-state index contributed by atoms with van der Waals surface area (Å²) in [6.45, 7) is -0.809. The Morgan fingerprint density at radius 2 is 1.66 bits per heavy atom. The predicted octanol–water partition coefficient (Wildman–Crippen LogP) is 2.80. The first kappa shape index (κ1) is 26.9. The van der Waals surface area contributed by atoms with Gasteiger partial charge in [-0.05, 0) is 42.5 Å². The van der Waals surface area contributed by atoms with Gasteiger partial charge in [0.1, 0.15) is 0 Å². The molecule has 1 aromatic heterocycles. The Bertz CT molecular complexity index is 1370. The molecular formula is C22H16F6N4O6. The molecule has 1 fully saturated rings. The first-order chi connectivity index (χ1) is 17.7. The molecule has 202 valence electrons. The van der Waals surface area contributed by atoms with Crippen molar-refractivity contribution < 1.29 is 50.3 Å². The van der Waals surface area contributed by atoms with Gasteiger partial charge in [-0.15, -0.1) is 0 Å². The number of carbonyl (C=O) groups excluding carboxylic acids is 2. The van der Waals surface area contributed by atoms with Crippen LogP contribution in [-0.4, -0.2) is 52.4 Å². The lowest BCUT2D eigenvalue weighted by molar-refractivity contribution is -0.150. The number of carbonyl (C=O) groups is 2. The second-order valence-corrected chi connectivity index (χ2v) is 8.00. The van der Waals surface area contributed by atoms with Gasteiger partial charge >= 0.3 is 18.1 Å². The number of aliphatic hydroxyl groups is 1. The minimum Gasteiger partial charge on any atom is -0.380 e. The van der Waals surface area contributed by atoms with Crippen LogP contribution in [-0.2, 0) is 26.7 Å². The molecule has 0 spiro atoms. The van der Waals surface area contributed by atoms with Gasteiger partial charge in [0.15, 0.2) is 18.0 Å². The maximum atomic E-state index is 13.2. The molecule has 2 atom stereocenters. The molecule has 0 bridgehead atoms. The van der Waals surface area contributed by atoms with E-state index < -0.39 is 65.5 Å². The number of alkyl halides is 6. The number of aromatic amines is 1. The number of hydrogen-bond donors (Lipinski definition) is 3. The number of benzene rings is 2. The first-order valence-electron chi connectivity index (χ1n) is 10.6. The minimum atomic E-state index is -5.14. The van der Waals surface area contributed by atoms with Gasteiger partial charge in [0.05, 0.1) is 17.7 Å². The molecule has 2 amide bonds. The van der Waals surface area contributed by atoms with Gasteiger partial charge in [0.25, 0.3) is 11.8 Å². The largest absolute Gasteiger partial charge is 0.439 e. The third-order valence-corrected chi connectivity index (χ3v) is 5.43. The summed E-state index contributed by atoms with van der Waals surface area (Å²) < 4.78 is 88.9. The third-order valence-electron chi connectivity index (χ3n) is 5.43. The predicted molar refractivity (Wildman–Crippen MR) is 116 cm³/mol. The van der Waals surface area contributed by atoms with Gasteiger partial charge in [-0.2, -0.15) is 26.3 Å². The quantitative estimate of drug-likeness (QED) is 0.419. The number of nitrogens with zero attached hydrogens (tertiary/aromatic N) is 2. The summed E-state index contributed by atoms with van der Waals surface area (Å²) in [5.41, 5.74) is -3.43. The number of ether oxygens (including phenoxy) is 1. The van der Waals surface area contributed by atoms with Gasteiger partial charge in [0, 0.05) is 23.5 Å². The molecular weight excluding hydrogens is 530 g/mol. The van der Waals surface area contributed by atoms with Crippen LogP contribution >= 0.6 is 0 Å². The van der Waals surface area contributed by atoms with E-state index in [-0.39, 0.29) is 24.2 Å². The van der Waals surface area contributed by atoms with Crippen molar-refractivity contribution >= 4 is 23.2 Å². The lowest BCUT2D eigenvalue weighted by Gasteiger charge is -2.34. The number of amides is 2. The number of morpholine rings is 1. The zero-order valence-electron chi connectivity index (χ0n) is 18.8. The number of aromatic nitrogens is 2. The molecule has 3 N–H and O–H groups in total. The number of hydrogen-bond acceptors (Lipinski definition) is 7. The SMILES string of the molecule is O=C(Nc1ccc(-c2noc(=O)[nH]2)cc1)C(O)C1OCCN(c2cc(C(F)(F)F)cc(C(F)(F)F)c2)C1=O. The zero-order valence-corrected chi connectivity index (χ0v) is 18.8. The van der Waals surface area contributed by atoms with Crippen molar-refractivity contribution in [1.82, 2.24) is 10.1 Å². The Labute approximate surface area is 207 Å². The molecule has 38 heavy (non-hydrogen) atoms. The molecule has 10 nitrogen and oxygen atoms in total. The third kappa shape index (κ3) is 5.70. The number of aliphatic hydroxyl groups excluding tert-OH is 1. The van der Waals surface area contributed by atoms with Crippen LogP contribution in [0.15, 0.2) is 51.8 Å². The summed E-state index contributed by atoms with van der Waals surface area (Å²) in [5, 5.41) is 16.2. The fourth-order valence-electron chi connectivity index (χ4n) is 3.60. The van der Waals surface area contributed by atoms with Crippen LogP contribution in [0.3, 0.4) is 0 Å². The molecule has 0 aliphatic carbocycles. The highest BCUT2D eigenvalue weighted by atomic mass is 19.4. The standard InChI is InChI=1S/C22H16F6N4O6/c23-21(24,25)11-7-12(22(26,27)28)9-14(8-11)32-5-6-37-16(19(32)35)15(33)18(34)29-13-3-1-10(2-4-13)17-30-20(36)38-31-17/h1-4,7-9,15-16,33H,5-6H2,(H,29,34)(H,30,31,36). The van der Waals surface area contributed by atoms with Crippen molar-refractivity contribution in [3.63, 3.8) is 0 Å². The number of rotatable bonds is 5.